The van der Waals surface area contributed by atoms with Crippen LogP contribution in [0.5, 0.6) is 5.75 Å². The first-order valence-electron chi connectivity index (χ1n) is 6.59. The van der Waals surface area contributed by atoms with Crippen molar-refractivity contribution in [3.05, 3.63) is 29.8 Å². The van der Waals surface area contributed by atoms with Gasteiger partial charge in [-0.15, -0.1) is 0 Å². The molecule has 0 aliphatic rings. The third-order valence-electron chi connectivity index (χ3n) is 2.92. The molecule has 0 radical (unpaired) electrons. The second-order valence-corrected chi connectivity index (χ2v) is 5.56. The quantitative estimate of drug-likeness (QED) is 0.824. The summed E-state index contributed by atoms with van der Waals surface area (Å²) in [6, 6.07) is 7.99. The maximum atomic E-state index is 11.2. The van der Waals surface area contributed by atoms with E-state index in [9.17, 15) is 4.79 Å². The van der Waals surface area contributed by atoms with E-state index in [0.29, 0.717) is 6.54 Å². The monoisotopic (exact) mass is 264 g/mol. The lowest BCUT2D eigenvalue weighted by atomic mass is 9.84. The van der Waals surface area contributed by atoms with Gasteiger partial charge in [0.15, 0.2) is 0 Å². The van der Waals surface area contributed by atoms with Crippen LogP contribution in [0.25, 0.3) is 0 Å². The van der Waals surface area contributed by atoms with E-state index in [1.54, 1.807) is 0 Å². The molecule has 19 heavy (non-hydrogen) atoms. The third-order valence-corrected chi connectivity index (χ3v) is 2.92. The molecule has 1 aromatic rings. The van der Waals surface area contributed by atoms with Gasteiger partial charge in [0.05, 0.1) is 12.6 Å². The van der Waals surface area contributed by atoms with Gasteiger partial charge in [-0.05, 0) is 31.5 Å². The number of ether oxygens (including phenoxy) is 1. The summed E-state index contributed by atoms with van der Waals surface area (Å²) in [5.74, 6) is 0.730. The van der Waals surface area contributed by atoms with Gasteiger partial charge in [0.2, 0.25) is 5.91 Å². The summed E-state index contributed by atoms with van der Waals surface area (Å²) in [6.07, 6.45) is 0.169. The molecule has 0 saturated carbocycles. The van der Waals surface area contributed by atoms with Gasteiger partial charge in [0, 0.05) is 12.0 Å². The highest BCUT2D eigenvalue weighted by Crippen LogP contribution is 2.24. The number of rotatable bonds is 6. The van der Waals surface area contributed by atoms with E-state index in [4.69, 9.17) is 10.5 Å². The van der Waals surface area contributed by atoms with Crippen LogP contribution in [0.3, 0.4) is 0 Å². The zero-order chi connectivity index (χ0) is 14.5. The highest BCUT2D eigenvalue weighted by Gasteiger charge is 2.21. The molecule has 0 aliphatic heterocycles. The van der Waals surface area contributed by atoms with Crippen LogP contribution < -0.4 is 15.8 Å². The minimum Gasteiger partial charge on any atom is -0.491 e. The first kappa shape index (κ1) is 15.5. The van der Waals surface area contributed by atoms with Crippen molar-refractivity contribution in [3.8, 4) is 5.75 Å². The number of hydrogen-bond acceptors (Lipinski definition) is 3. The van der Waals surface area contributed by atoms with Crippen molar-refractivity contribution in [2.75, 3.05) is 13.1 Å². The number of hydrogen-bond donors (Lipinski definition) is 2. The Kier molecular flexibility index (Phi) is 5.36. The molecule has 106 valence electrons. The summed E-state index contributed by atoms with van der Waals surface area (Å²) in [5.41, 5.74) is 6.29. The molecular formula is C15H24N2O2. The minimum absolute atomic E-state index is 0.0250. The second kappa shape index (κ2) is 6.57. The van der Waals surface area contributed by atoms with Crippen LogP contribution in [-0.4, -0.2) is 25.1 Å². The van der Waals surface area contributed by atoms with E-state index < -0.39 is 0 Å². The molecule has 0 bridgehead atoms. The van der Waals surface area contributed by atoms with Crippen molar-refractivity contribution in [3.63, 3.8) is 0 Å². The number of benzene rings is 1. The van der Waals surface area contributed by atoms with Gasteiger partial charge >= 0.3 is 0 Å². The highest BCUT2D eigenvalue weighted by molar-refractivity contribution is 5.77. The van der Waals surface area contributed by atoms with Crippen LogP contribution in [0.15, 0.2) is 24.3 Å². The lowest BCUT2D eigenvalue weighted by Crippen LogP contribution is -2.39. The highest BCUT2D eigenvalue weighted by atomic mass is 16.5. The molecule has 4 heteroatoms. The van der Waals surface area contributed by atoms with Crippen LogP contribution in [-0.2, 0) is 10.2 Å². The first-order valence-corrected chi connectivity index (χ1v) is 6.59. The molecule has 4 nitrogen and oxygen atoms in total. The van der Waals surface area contributed by atoms with Crippen molar-refractivity contribution in [1.82, 2.24) is 5.32 Å². The lowest BCUT2D eigenvalue weighted by Gasteiger charge is -2.26. The molecule has 1 rings (SSSR count). The summed E-state index contributed by atoms with van der Waals surface area (Å²) in [7, 11) is 0. The summed E-state index contributed by atoms with van der Waals surface area (Å²) in [6.45, 7) is 8.76. The fourth-order valence-electron chi connectivity index (χ4n) is 1.75. The van der Waals surface area contributed by atoms with Gasteiger partial charge in [-0.2, -0.15) is 0 Å². The fourth-order valence-corrected chi connectivity index (χ4v) is 1.75. The number of nitrogens with two attached hydrogens (primary N) is 1. The molecule has 0 aromatic heterocycles. The van der Waals surface area contributed by atoms with E-state index in [1.807, 2.05) is 38.1 Å². The van der Waals surface area contributed by atoms with E-state index in [2.05, 4.69) is 19.2 Å². The van der Waals surface area contributed by atoms with Crippen molar-refractivity contribution < 1.29 is 9.53 Å². The van der Waals surface area contributed by atoms with E-state index in [1.165, 1.54) is 0 Å². The van der Waals surface area contributed by atoms with Gasteiger partial charge < -0.3 is 15.8 Å². The van der Waals surface area contributed by atoms with Crippen LogP contribution in [0.1, 0.15) is 33.3 Å². The molecule has 0 aliphatic carbocycles. The molecule has 0 spiro atoms. The summed E-state index contributed by atoms with van der Waals surface area (Å²) in [4.78, 5) is 11.2. The van der Waals surface area contributed by atoms with Crippen molar-refractivity contribution >= 4 is 5.91 Å². The zero-order valence-corrected chi connectivity index (χ0v) is 12.2. The molecule has 0 unspecified atom stereocenters. The molecule has 0 atom stereocenters. The van der Waals surface area contributed by atoms with E-state index >= 15 is 0 Å². The smallest absolute Gasteiger partial charge is 0.233 e. The van der Waals surface area contributed by atoms with Crippen molar-refractivity contribution in [2.45, 2.75) is 39.2 Å². The Morgan fingerprint density at radius 1 is 1.32 bits per heavy atom. The van der Waals surface area contributed by atoms with Gasteiger partial charge in [0.25, 0.3) is 0 Å². The van der Waals surface area contributed by atoms with E-state index in [0.717, 1.165) is 11.3 Å². The summed E-state index contributed by atoms with van der Waals surface area (Å²) >= 11 is 0. The van der Waals surface area contributed by atoms with Crippen molar-refractivity contribution in [2.24, 2.45) is 5.73 Å². The Bertz CT molecular complexity index is 411. The van der Waals surface area contributed by atoms with Crippen LogP contribution in [0.4, 0.5) is 0 Å². The largest absolute Gasteiger partial charge is 0.491 e. The number of amides is 1. The Hall–Kier alpha value is -1.55. The Labute approximate surface area is 115 Å². The van der Waals surface area contributed by atoms with Crippen molar-refractivity contribution in [1.29, 1.82) is 0 Å². The number of nitrogens with one attached hydrogen (secondary N) is 1. The Balaban J connectivity index is 2.70. The third kappa shape index (κ3) is 4.91. The molecular weight excluding hydrogens is 240 g/mol. The average Bonchev–Trinajstić information content (AvgIpc) is 2.36. The fraction of sp³-hybridized carbons (Fsp3) is 0.533. The normalized spacial score (nSPS) is 11.5. The van der Waals surface area contributed by atoms with Crippen LogP contribution >= 0.6 is 0 Å². The molecule has 0 heterocycles. The molecule has 0 fully saturated rings. The number of carbonyl (C=O) groups excluding carboxylic acids is 1. The van der Waals surface area contributed by atoms with E-state index in [-0.39, 0.29) is 24.0 Å². The van der Waals surface area contributed by atoms with Gasteiger partial charge in [0.1, 0.15) is 5.75 Å². The standard InChI is InChI=1S/C15H24N2O2/c1-11(2)19-13-7-5-12(6-8-13)15(3,4)10-17-14(18)9-16/h5-8,11H,9-10,16H2,1-4H3,(H,17,18). The molecule has 3 N–H and O–H groups in total. The first-order chi connectivity index (χ1) is 8.85. The summed E-state index contributed by atoms with van der Waals surface area (Å²) in [5, 5.41) is 2.82. The predicted molar refractivity (Wildman–Crippen MR) is 77.3 cm³/mol. The van der Waals surface area contributed by atoms with Gasteiger partial charge in [-0.3, -0.25) is 4.79 Å². The van der Waals surface area contributed by atoms with Gasteiger partial charge in [-0.1, -0.05) is 26.0 Å². The van der Waals surface area contributed by atoms with Crippen LogP contribution in [0, 0.1) is 0 Å². The van der Waals surface area contributed by atoms with Gasteiger partial charge in [-0.25, -0.2) is 0 Å². The van der Waals surface area contributed by atoms with Crippen LogP contribution in [0.2, 0.25) is 0 Å². The summed E-state index contributed by atoms with van der Waals surface area (Å²) < 4.78 is 5.61. The maximum absolute atomic E-state index is 11.2. The lowest BCUT2D eigenvalue weighted by molar-refractivity contribution is -0.119. The second-order valence-electron chi connectivity index (χ2n) is 5.56. The average molecular weight is 264 g/mol. The Morgan fingerprint density at radius 2 is 1.89 bits per heavy atom. The SMILES string of the molecule is CC(C)Oc1ccc(C(C)(C)CNC(=O)CN)cc1. The topological polar surface area (TPSA) is 64.3 Å². The minimum atomic E-state index is -0.138. The molecule has 1 amide bonds. The zero-order valence-electron chi connectivity index (χ0n) is 12.2. The molecule has 1 aromatic carbocycles. The predicted octanol–water partition coefficient (Wildman–Crippen LogP) is 1.83. The number of carbonyl (C=O) groups is 1. The molecule has 0 saturated heterocycles. The maximum Gasteiger partial charge on any atom is 0.233 e. The Morgan fingerprint density at radius 3 is 2.37 bits per heavy atom.